The van der Waals surface area contributed by atoms with E-state index in [4.69, 9.17) is 0 Å². The van der Waals surface area contributed by atoms with E-state index >= 15 is 0 Å². The first-order valence-electron chi connectivity index (χ1n) is 8.82. The molecule has 7 nitrogen and oxygen atoms in total. The lowest BCUT2D eigenvalue weighted by Crippen LogP contribution is -2.50. The number of pyridine rings is 1. The number of carboxylic acid groups (broad SMARTS) is 1. The van der Waals surface area contributed by atoms with E-state index < -0.39 is 40.4 Å². The van der Waals surface area contributed by atoms with Crippen molar-refractivity contribution < 1.29 is 32.9 Å². The number of phenolic OH excluding ortho intramolecular Hbond substituents is 1. The maximum absolute atomic E-state index is 12.7. The molecule has 0 unspecified atom stereocenters. The molecule has 2 aliphatic heterocycles. The number of aromatic carboxylic acids is 1. The van der Waals surface area contributed by atoms with Crippen molar-refractivity contribution in [1.29, 1.82) is 0 Å². The molecule has 1 fully saturated rings. The highest BCUT2D eigenvalue weighted by molar-refractivity contribution is 5.88. The summed E-state index contributed by atoms with van der Waals surface area (Å²) in [7, 11) is 0. The van der Waals surface area contributed by atoms with E-state index in [1.807, 2.05) is 18.9 Å². The molecule has 1 saturated heterocycles. The number of carbonyl (C=O) groups is 1. The van der Waals surface area contributed by atoms with E-state index in [2.05, 4.69) is 4.74 Å². The second kappa shape index (κ2) is 5.91. The van der Waals surface area contributed by atoms with Crippen molar-refractivity contribution in [2.75, 3.05) is 5.01 Å². The number of benzene rings is 1. The molecular weight excluding hydrogens is 393 g/mol. The lowest BCUT2D eigenvalue weighted by molar-refractivity contribution is -0.275. The smallest absolute Gasteiger partial charge is 0.504 e. The van der Waals surface area contributed by atoms with Gasteiger partial charge in [-0.15, -0.1) is 13.2 Å². The minimum atomic E-state index is -5.01. The molecule has 10 heteroatoms. The Morgan fingerprint density at radius 2 is 1.97 bits per heavy atom. The molecule has 1 atom stereocenters. The Balaban J connectivity index is 2.01. The first kappa shape index (κ1) is 19.2. The van der Waals surface area contributed by atoms with Crippen LogP contribution in [0.15, 0.2) is 29.2 Å². The number of hydrogen-bond acceptors (Lipinski definition) is 5. The van der Waals surface area contributed by atoms with Gasteiger partial charge in [0.2, 0.25) is 0 Å². The van der Waals surface area contributed by atoms with Gasteiger partial charge in [-0.05, 0) is 44.4 Å². The van der Waals surface area contributed by atoms with Crippen LogP contribution in [0.25, 0.3) is 11.3 Å². The molecule has 154 valence electrons. The summed E-state index contributed by atoms with van der Waals surface area (Å²) in [5, 5.41) is 21.3. The number of hydrogen-bond donors (Lipinski definition) is 2. The molecule has 2 N–H and O–H groups in total. The minimum absolute atomic E-state index is 0.230. The van der Waals surface area contributed by atoms with Gasteiger partial charge in [-0.3, -0.25) is 14.5 Å². The minimum Gasteiger partial charge on any atom is -0.504 e. The number of nitrogens with zero attached hydrogens (tertiary/aromatic N) is 2. The van der Waals surface area contributed by atoms with Crippen LogP contribution in [0.4, 0.5) is 13.2 Å². The Bertz CT molecular complexity index is 1090. The zero-order valence-electron chi connectivity index (χ0n) is 15.4. The van der Waals surface area contributed by atoms with E-state index in [1.165, 1.54) is 16.9 Å². The van der Waals surface area contributed by atoms with Gasteiger partial charge >= 0.3 is 12.3 Å². The first-order valence-corrected chi connectivity index (χ1v) is 8.82. The van der Waals surface area contributed by atoms with Gasteiger partial charge in [0.05, 0.1) is 17.3 Å². The number of halogens is 3. The van der Waals surface area contributed by atoms with Crippen LogP contribution >= 0.6 is 0 Å². The van der Waals surface area contributed by atoms with Crippen LogP contribution in [-0.4, -0.2) is 32.8 Å². The number of carboxylic acids is 1. The van der Waals surface area contributed by atoms with Crippen molar-refractivity contribution in [2.24, 2.45) is 0 Å². The number of aromatic hydroxyl groups is 1. The van der Waals surface area contributed by atoms with E-state index in [9.17, 15) is 33.0 Å². The normalized spacial score (nSPS) is 19.3. The molecule has 2 aromatic rings. The molecule has 1 aromatic heterocycles. The Hall–Kier alpha value is -3.17. The zero-order chi connectivity index (χ0) is 21.3. The van der Waals surface area contributed by atoms with E-state index in [0.29, 0.717) is 18.4 Å². The molecule has 0 amide bonds. The summed E-state index contributed by atoms with van der Waals surface area (Å²) in [6.45, 7) is 3.89. The summed E-state index contributed by atoms with van der Waals surface area (Å²) in [4.78, 5) is 23.8. The Kier molecular flexibility index (Phi) is 3.91. The summed E-state index contributed by atoms with van der Waals surface area (Å²) in [5.41, 5.74) is -0.576. The zero-order valence-corrected chi connectivity index (χ0v) is 15.4. The summed E-state index contributed by atoms with van der Waals surface area (Å²) in [5.74, 6) is -2.84. The second-order valence-corrected chi connectivity index (χ2v) is 7.75. The Labute approximate surface area is 162 Å². The number of alkyl halides is 3. The van der Waals surface area contributed by atoms with Crippen molar-refractivity contribution in [2.45, 2.75) is 44.6 Å². The second-order valence-electron chi connectivity index (χ2n) is 7.75. The van der Waals surface area contributed by atoms with Gasteiger partial charge in [-0.25, -0.2) is 4.79 Å². The third-order valence-electron chi connectivity index (χ3n) is 5.43. The fraction of sp³-hybridized carbons (Fsp3) is 0.368. The molecule has 0 radical (unpaired) electrons. The van der Waals surface area contributed by atoms with Crippen LogP contribution in [0.1, 0.15) is 48.7 Å². The van der Waals surface area contributed by atoms with Crippen LogP contribution in [-0.2, 0) is 0 Å². The predicted octanol–water partition coefficient (Wildman–Crippen LogP) is 3.38. The van der Waals surface area contributed by atoms with Crippen molar-refractivity contribution in [1.82, 2.24) is 4.68 Å². The van der Waals surface area contributed by atoms with Crippen LogP contribution in [0.5, 0.6) is 11.5 Å². The molecule has 0 aliphatic carbocycles. The fourth-order valence-corrected chi connectivity index (χ4v) is 4.23. The van der Waals surface area contributed by atoms with Gasteiger partial charge in [0, 0.05) is 17.8 Å². The molecule has 2 aliphatic rings. The van der Waals surface area contributed by atoms with Gasteiger partial charge in [-0.2, -0.15) is 0 Å². The maximum atomic E-state index is 12.7. The Morgan fingerprint density at radius 3 is 2.59 bits per heavy atom. The molecular formula is C19H17F3N2O5. The summed E-state index contributed by atoms with van der Waals surface area (Å²) < 4.78 is 43.6. The van der Waals surface area contributed by atoms with Crippen molar-refractivity contribution >= 4 is 5.97 Å². The average Bonchev–Trinajstić information content (AvgIpc) is 2.90. The van der Waals surface area contributed by atoms with Crippen LogP contribution in [0, 0.1) is 0 Å². The number of fused-ring (bicyclic) bond motifs is 6. The van der Waals surface area contributed by atoms with Gasteiger partial charge in [0.25, 0.3) is 0 Å². The predicted molar refractivity (Wildman–Crippen MR) is 95.7 cm³/mol. The topological polar surface area (TPSA) is 92.0 Å². The lowest BCUT2D eigenvalue weighted by Gasteiger charge is -2.44. The quantitative estimate of drug-likeness (QED) is 0.789. The van der Waals surface area contributed by atoms with Gasteiger partial charge < -0.3 is 14.9 Å². The van der Waals surface area contributed by atoms with Crippen molar-refractivity contribution in [3.8, 4) is 22.8 Å². The number of ether oxygens (including phenoxy) is 1. The van der Waals surface area contributed by atoms with E-state index in [1.54, 1.807) is 0 Å². The standard InChI is InChI=1S/C19H17F3N2O5/c1-18(2)4-3-12-9-5-15(26)16(29-19(20,21)22)6-10(9)13-7-14(25)11(17(27)28)8-23(13)24(12)18/h5-8,12,26H,3-4H2,1-2H3,(H,27,28)/t12-/m1/s1. The summed E-state index contributed by atoms with van der Waals surface area (Å²) in [6, 6.07) is 3.02. The third-order valence-corrected chi connectivity index (χ3v) is 5.43. The number of phenols is 1. The average molecular weight is 410 g/mol. The van der Waals surface area contributed by atoms with Crippen LogP contribution in [0.2, 0.25) is 0 Å². The van der Waals surface area contributed by atoms with Gasteiger partial charge in [-0.1, -0.05) is 0 Å². The van der Waals surface area contributed by atoms with Gasteiger partial charge in [0.15, 0.2) is 16.9 Å². The van der Waals surface area contributed by atoms with E-state index in [-0.39, 0.29) is 17.3 Å². The highest BCUT2D eigenvalue weighted by Crippen LogP contribution is 2.50. The molecule has 0 spiro atoms. The number of aromatic nitrogens is 1. The van der Waals surface area contributed by atoms with Crippen molar-refractivity contribution in [3.05, 3.63) is 45.7 Å². The highest BCUT2D eigenvalue weighted by atomic mass is 19.4. The van der Waals surface area contributed by atoms with Gasteiger partial charge in [0.1, 0.15) is 5.56 Å². The lowest BCUT2D eigenvalue weighted by atomic mass is 9.93. The highest BCUT2D eigenvalue weighted by Gasteiger charge is 2.45. The monoisotopic (exact) mass is 410 g/mol. The van der Waals surface area contributed by atoms with E-state index in [0.717, 1.165) is 12.1 Å². The first-order chi connectivity index (χ1) is 13.4. The molecule has 0 bridgehead atoms. The molecule has 1 aromatic carbocycles. The SMILES string of the molecule is CC1(C)CC[C@@H]2c3cc(O)c(OC(F)(F)F)cc3-c3cc(=O)c(C(=O)O)cn3N21. The molecule has 29 heavy (non-hydrogen) atoms. The molecule has 0 saturated carbocycles. The van der Waals surface area contributed by atoms with Crippen LogP contribution in [0.3, 0.4) is 0 Å². The Morgan fingerprint density at radius 1 is 1.28 bits per heavy atom. The molecule has 3 heterocycles. The maximum Gasteiger partial charge on any atom is 0.573 e. The number of rotatable bonds is 2. The van der Waals surface area contributed by atoms with Crippen molar-refractivity contribution in [3.63, 3.8) is 0 Å². The third kappa shape index (κ3) is 2.99. The summed E-state index contributed by atoms with van der Waals surface area (Å²) >= 11 is 0. The summed E-state index contributed by atoms with van der Waals surface area (Å²) in [6.07, 6.45) is -2.46. The molecule has 4 rings (SSSR count). The largest absolute Gasteiger partial charge is 0.573 e. The fourth-order valence-electron chi connectivity index (χ4n) is 4.23. The van der Waals surface area contributed by atoms with Crippen LogP contribution < -0.4 is 15.2 Å².